The number of piperidine rings is 1. The van der Waals surface area contributed by atoms with Crippen LogP contribution >= 0.6 is 0 Å². The van der Waals surface area contributed by atoms with Crippen molar-refractivity contribution in [1.29, 1.82) is 0 Å². The summed E-state index contributed by atoms with van der Waals surface area (Å²) in [5.74, 6) is -2.15. The van der Waals surface area contributed by atoms with E-state index in [0.29, 0.717) is 25.9 Å². The number of benzene rings is 1. The lowest BCUT2D eigenvalue weighted by Gasteiger charge is -2.29. The Hall–Kier alpha value is -2.63. The molecule has 11 heteroatoms. The summed E-state index contributed by atoms with van der Waals surface area (Å²) in [4.78, 5) is 49.8. The van der Waals surface area contributed by atoms with Gasteiger partial charge in [0.15, 0.2) is 0 Å². The van der Waals surface area contributed by atoms with Crippen molar-refractivity contribution in [2.24, 2.45) is 0 Å². The first-order valence-electron chi connectivity index (χ1n) is 9.87. The topological polar surface area (TPSA) is 133 Å². The second-order valence-corrected chi connectivity index (χ2v) is 9.34. The van der Waals surface area contributed by atoms with Crippen LogP contribution in [0.4, 0.5) is 0 Å². The zero-order valence-corrected chi connectivity index (χ0v) is 17.0. The van der Waals surface area contributed by atoms with Crippen molar-refractivity contribution < 1.29 is 27.6 Å². The fraction of sp³-hybridized carbons (Fsp3) is 0.474. The van der Waals surface area contributed by atoms with E-state index >= 15 is 0 Å². The molecule has 4 rings (SSSR count). The zero-order valence-electron chi connectivity index (χ0n) is 16.2. The van der Waals surface area contributed by atoms with E-state index in [2.05, 4.69) is 10.0 Å². The Morgan fingerprint density at radius 3 is 2.47 bits per heavy atom. The van der Waals surface area contributed by atoms with E-state index in [1.165, 1.54) is 4.31 Å². The molecule has 2 N–H and O–H groups in total. The molecule has 3 heterocycles. The van der Waals surface area contributed by atoms with Gasteiger partial charge in [0.1, 0.15) is 6.04 Å². The SMILES string of the molecule is O=C1CCC(N2C(=O)c3ccc(CCCNS(=O)(=O)N4CCC4)cc3C2=O)C(=O)N1. The van der Waals surface area contributed by atoms with Gasteiger partial charge < -0.3 is 0 Å². The molecule has 30 heavy (non-hydrogen) atoms. The summed E-state index contributed by atoms with van der Waals surface area (Å²) in [5.41, 5.74) is 1.25. The lowest BCUT2D eigenvalue weighted by molar-refractivity contribution is -0.136. The molecule has 4 amide bonds. The molecule has 160 valence electrons. The third-order valence-electron chi connectivity index (χ3n) is 5.59. The highest BCUT2D eigenvalue weighted by Gasteiger charge is 2.44. The van der Waals surface area contributed by atoms with Gasteiger partial charge in [-0.25, -0.2) is 4.72 Å². The third-order valence-corrected chi connectivity index (χ3v) is 7.20. The number of carbonyl (C=O) groups excluding carboxylic acids is 4. The van der Waals surface area contributed by atoms with E-state index in [9.17, 15) is 27.6 Å². The maximum absolute atomic E-state index is 12.8. The van der Waals surface area contributed by atoms with Crippen LogP contribution in [0.5, 0.6) is 0 Å². The lowest BCUT2D eigenvalue weighted by atomic mass is 10.0. The van der Waals surface area contributed by atoms with Gasteiger partial charge in [-0.2, -0.15) is 12.7 Å². The maximum atomic E-state index is 12.8. The maximum Gasteiger partial charge on any atom is 0.279 e. The zero-order chi connectivity index (χ0) is 21.5. The van der Waals surface area contributed by atoms with Crippen molar-refractivity contribution in [1.82, 2.24) is 19.2 Å². The van der Waals surface area contributed by atoms with E-state index in [4.69, 9.17) is 0 Å². The summed E-state index contributed by atoms with van der Waals surface area (Å²) in [6, 6.07) is 3.91. The largest absolute Gasteiger partial charge is 0.295 e. The molecular formula is C19H22N4O6S. The van der Waals surface area contributed by atoms with Crippen molar-refractivity contribution in [2.75, 3.05) is 19.6 Å². The molecule has 0 saturated carbocycles. The second-order valence-electron chi connectivity index (χ2n) is 7.58. The van der Waals surface area contributed by atoms with Gasteiger partial charge in [0.2, 0.25) is 11.8 Å². The number of rotatable bonds is 7. The minimum atomic E-state index is -3.42. The molecule has 1 unspecified atom stereocenters. The lowest BCUT2D eigenvalue weighted by Crippen LogP contribution is -2.54. The average Bonchev–Trinajstić information content (AvgIpc) is 2.88. The number of hydrogen-bond acceptors (Lipinski definition) is 6. The van der Waals surface area contributed by atoms with Crippen LogP contribution in [0.15, 0.2) is 18.2 Å². The number of fused-ring (bicyclic) bond motifs is 1. The first kappa shape index (κ1) is 20.6. The quantitative estimate of drug-likeness (QED) is 0.442. The van der Waals surface area contributed by atoms with Gasteiger partial charge in [0.25, 0.3) is 22.0 Å². The molecule has 2 saturated heterocycles. The summed E-state index contributed by atoms with van der Waals surface area (Å²) in [6.07, 6.45) is 2.11. The molecule has 0 bridgehead atoms. The van der Waals surface area contributed by atoms with Gasteiger partial charge in [-0.1, -0.05) is 6.07 Å². The first-order chi connectivity index (χ1) is 14.3. The van der Waals surface area contributed by atoms with Crippen LogP contribution in [-0.2, 0) is 26.2 Å². The van der Waals surface area contributed by atoms with Crippen LogP contribution in [0.2, 0.25) is 0 Å². The molecule has 0 radical (unpaired) electrons. The number of nitrogens with zero attached hydrogens (tertiary/aromatic N) is 2. The Morgan fingerprint density at radius 2 is 1.80 bits per heavy atom. The van der Waals surface area contributed by atoms with E-state index in [-0.39, 0.29) is 30.5 Å². The van der Waals surface area contributed by atoms with Crippen LogP contribution in [0, 0.1) is 0 Å². The predicted octanol–water partition coefficient (Wildman–Crippen LogP) is -0.439. The van der Waals surface area contributed by atoms with E-state index in [1.54, 1.807) is 18.2 Å². The fourth-order valence-corrected chi connectivity index (χ4v) is 5.11. The van der Waals surface area contributed by atoms with Crippen molar-refractivity contribution in [2.45, 2.75) is 38.1 Å². The number of hydrogen-bond donors (Lipinski definition) is 2. The molecule has 0 spiro atoms. The number of aryl methyl sites for hydroxylation is 1. The molecule has 3 aliphatic heterocycles. The van der Waals surface area contributed by atoms with Crippen LogP contribution in [0.1, 0.15) is 52.0 Å². The molecular weight excluding hydrogens is 412 g/mol. The van der Waals surface area contributed by atoms with Crippen LogP contribution in [-0.4, -0.2) is 66.9 Å². The number of carbonyl (C=O) groups is 4. The number of amides is 4. The molecule has 3 aliphatic rings. The second kappa shape index (κ2) is 7.89. The average molecular weight is 434 g/mol. The van der Waals surface area contributed by atoms with Gasteiger partial charge in [-0.05, 0) is 43.4 Å². The van der Waals surface area contributed by atoms with Gasteiger partial charge in [-0.3, -0.25) is 29.4 Å². The van der Waals surface area contributed by atoms with Crippen LogP contribution in [0.25, 0.3) is 0 Å². The molecule has 0 aromatic heterocycles. The smallest absolute Gasteiger partial charge is 0.279 e. The normalized spacial score (nSPS) is 22.1. The molecule has 2 fully saturated rings. The summed E-state index contributed by atoms with van der Waals surface area (Å²) in [5, 5.41) is 2.16. The summed E-state index contributed by atoms with van der Waals surface area (Å²) in [7, 11) is -3.42. The Kier molecular flexibility index (Phi) is 5.43. The van der Waals surface area contributed by atoms with Gasteiger partial charge in [-0.15, -0.1) is 0 Å². The standard InChI is InChI=1S/C19H22N4O6S/c24-16-7-6-15(17(25)21-16)23-18(26)13-5-4-12(11-14(13)19(23)27)3-1-8-20-30(28,29)22-9-2-10-22/h4-5,11,15,20H,1-3,6-10H2,(H,21,24,25). The summed E-state index contributed by atoms with van der Waals surface area (Å²) in [6.45, 7) is 1.35. The Bertz CT molecular complexity index is 1030. The highest BCUT2D eigenvalue weighted by atomic mass is 32.2. The Balaban J connectivity index is 1.39. The Morgan fingerprint density at radius 1 is 1.07 bits per heavy atom. The van der Waals surface area contributed by atoms with E-state index < -0.39 is 39.9 Å². The first-order valence-corrected chi connectivity index (χ1v) is 11.3. The number of nitrogens with one attached hydrogen (secondary N) is 2. The van der Waals surface area contributed by atoms with E-state index in [0.717, 1.165) is 16.9 Å². The molecule has 1 aromatic rings. The van der Waals surface area contributed by atoms with Crippen molar-refractivity contribution in [3.05, 3.63) is 34.9 Å². The molecule has 10 nitrogen and oxygen atoms in total. The summed E-state index contributed by atoms with van der Waals surface area (Å²) < 4.78 is 27.9. The fourth-order valence-electron chi connectivity index (χ4n) is 3.79. The summed E-state index contributed by atoms with van der Waals surface area (Å²) >= 11 is 0. The molecule has 1 aromatic carbocycles. The molecule has 0 aliphatic carbocycles. The van der Waals surface area contributed by atoms with Crippen molar-refractivity contribution >= 4 is 33.8 Å². The minimum Gasteiger partial charge on any atom is -0.295 e. The monoisotopic (exact) mass is 434 g/mol. The number of imide groups is 2. The van der Waals surface area contributed by atoms with Crippen molar-refractivity contribution in [3.8, 4) is 0 Å². The Labute approximate surface area is 173 Å². The third kappa shape index (κ3) is 3.75. The van der Waals surface area contributed by atoms with Gasteiger partial charge in [0.05, 0.1) is 11.1 Å². The van der Waals surface area contributed by atoms with Gasteiger partial charge >= 0.3 is 0 Å². The molecule has 1 atom stereocenters. The van der Waals surface area contributed by atoms with E-state index in [1.807, 2.05) is 0 Å². The minimum absolute atomic E-state index is 0.0718. The van der Waals surface area contributed by atoms with Crippen LogP contribution < -0.4 is 10.0 Å². The highest BCUT2D eigenvalue weighted by Crippen LogP contribution is 2.28. The van der Waals surface area contributed by atoms with Crippen molar-refractivity contribution in [3.63, 3.8) is 0 Å². The predicted molar refractivity (Wildman–Crippen MR) is 105 cm³/mol. The highest BCUT2D eigenvalue weighted by molar-refractivity contribution is 7.87. The van der Waals surface area contributed by atoms with Crippen LogP contribution in [0.3, 0.4) is 0 Å². The van der Waals surface area contributed by atoms with Gasteiger partial charge in [0, 0.05) is 26.1 Å².